The van der Waals surface area contributed by atoms with E-state index in [-0.39, 0.29) is 23.5 Å². The molecule has 2 aliphatic heterocycles. The van der Waals surface area contributed by atoms with Crippen LogP contribution in [0.4, 0.5) is 10.5 Å². The minimum absolute atomic E-state index is 0.00450. The summed E-state index contributed by atoms with van der Waals surface area (Å²) in [5, 5.41) is 5.02. The van der Waals surface area contributed by atoms with Crippen LogP contribution in [-0.4, -0.2) is 52.2 Å². The molecule has 2 aliphatic rings. The number of nitrogens with one attached hydrogen (secondary N) is 1. The summed E-state index contributed by atoms with van der Waals surface area (Å²) in [6.07, 6.45) is 1.14. The monoisotopic (exact) mass is 429 g/mol. The lowest BCUT2D eigenvalue weighted by Crippen LogP contribution is -2.35. The first kappa shape index (κ1) is 20.0. The van der Waals surface area contributed by atoms with Crippen molar-refractivity contribution in [2.24, 2.45) is 0 Å². The van der Waals surface area contributed by atoms with E-state index in [1.807, 2.05) is 24.0 Å². The minimum Gasteiger partial charge on any atom is -0.334 e. The molecule has 0 spiro atoms. The van der Waals surface area contributed by atoms with Crippen LogP contribution in [0, 0.1) is 6.92 Å². The Hall–Kier alpha value is -2.32. The molecule has 1 N–H and O–H groups in total. The molecule has 8 heteroatoms. The Bertz CT molecular complexity index is 956. The number of thiophene rings is 1. The Balaban J connectivity index is 1.41. The molecule has 2 aromatic rings. The van der Waals surface area contributed by atoms with Crippen LogP contribution in [0.25, 0.3) is 0 Å². The first-order chi connectivity index (χ1) is 14.0. The van der Waals surface area contributed by atoms with Crippen molar-refractivity contribution in [2.45, 2.75) is 26.3 Å². The van der Waals surface area contributed by atoms with Gasteiger partial charge in [0.2, 0.25) is 5.91 Å². The third-order valence-electron chi connectivity index (χ3n) is 5.39. The summed E-state index contributed by atoms with van der Waals surface area (Å²) < 4.78 is 0. The van der Waals surface area contributed by atoms with Crippen LogP contribution in [0.3, 0.4) is 0 Å². The summed E-state index contributed by atoms with van der Waals surface area (Å²) in [5.41, 5.74) is 3.27. The number of anilines is 1. The van der Waals surface area contributed by atoms with Crippen molar-refractivity contribution in [2.75, 3.05) is 30.7 Å². The van der Waals surface area contributed by atoms with Gasteiger partial charge in [-0.2, -0.15) is 0 Å². The van der Waals surface area contributed by atoms with Crippen molar-refractivity contribution in [3.05, 3.63) is 51.2 Å². The number of thioether (sulfide) groups is 1. The average Bonchev–Trinajstić information content (AvgIpc) is 3.35. The van der Waals surface area contributed by atoms with E-state index in [0.29, 0.717) is 37.4 Å². The zero-order valence-corrected chi connectivity index (χ0v) is 17.9. The number of carbonyl (C=O) groups excluding carboxylic acids is 3. The number of nitrogens with zero attached hydrogens (tertiary/aromatic N) is 2. The van der Waals surface area contributed by atoms with Crippen molar-refractivity contribution >= 4 is 45.8 Å². The Labute approximate surface area is 178 Å². The van der Waals surface area contributed by atoms with E-state index in [4.69, 9.17) is 0 Å². The fourth-order valence-corrected chi connectivity index (χ4v) is 5.41. The molecule has 0 bridgehead atoms. The Morgan fingerprint density at radius 1 is 1.21 bits per heavy atom. The summed E-state index contributed by atoms with van der Waals surface area (Å²) in [6, 6.07) is 7.52. The zero-order valence-electron chi connectivity index (χ0n) is 16.3. The van der Waals surface area contributed by atoms with Gasteiger partial charge in [-0.3, -0.25) is 14.4 Å². The predicted octanol–water partition coefficient (Wildman–Crippen LogP) is 3.75. The maximum absolute atomic E-state index is 13.1. The standard InChI is InChI=1S/C21H23N3O3S2/c1-14-16(20(26)24-8-5-18-15(13-24)7-11-28-18)3-2-4-17(14)22-19(25)6-9-23-10-12-29-21(23)27/h2-4,7,11H,5-6,8-10,12-13H2,1H3,(H,22,25). The van der Waals surface area contributed by atoms with Gasteiger partial charge >= 0.3 is 0 Å². The van der Waals surface area contributed by atoms with E-state index in [1.165, 1.54) is 22.2 Å². The molecule has 0 unspecified atom stereocenters. The second kappa shape index (κ2) is 8.59. The van der Waals surface area contributed by atoms with Crippen molar-refractivity contribution in [1.29, 1.82) is 0 Å². The predicted molar refractivity (Wildman–Crippen MR) is 117 cm³/mol. The third kappa shape index (κ3) is 4.33. The SMILES string of the molecule is Cc1c(NC(=O)CCN2CCSC2=O)cccc1C(=O)N1CCc2sccc2C1. The molecule has 3 heterocycles. The van der Waals surface area contributed by atoms with Gasteiger partial charge in [0.05, 0.1) is 0 Å². The van der Waals surface area contributed by atoms with Crippen molar-refractivity contribution in [1.82, 2.24) is 9.80 Å². The van der Waals surface area contributed by atoms with Crippen LogP contribution in [0.5, 0.6) is 0 Å². The van der Waals surface area contributed by atoms with Crippen LogP contribution in [0.2, 0.25) is 0 Å². The second-order valence-electron chi connectivity index (χ2n) is 7.22. The number of hydrogen-bond donors (Lipinski definition) is 1. The van der Waals surface area contributed by atoms with Gasteiger partial charge < -0.3 is 15.1 Å². The molecule has 0 atom stereocenters. The molecule has 29 heavy (non-hydrogen) atoms. The first-order valence-electron chi connectivity index (χ1n) is 9.68. The van der Waals surface area contributed by atoms with Gasteiger partial charge in [0.25, 0.3) is 11.1 Å². The Morgan fingerprint density at radius 2 is 2.07 bits per heavy atom. The largest absolute Gasteiger partial charge is 0.334 e. The fraction of sp³-hybridized carbons (Fsp3) is 0.381. The molecule has 4 rings (SSSR count). The van der Waals surface area contributed by atoms with Crippen molar-refractivity contribution in [3.8, 4) is 0 Å². The summed E-state index contributed by atoms with van der Waals surface area (Å²) in [5.74, 6) is 0.631. The Morgan fingerprint density at radius 3 is 2.86 bits per heavy atom. The summed E-state index contributed by atoms with van der Waals surface area (Å²) in [6.45, 7) is 4.33. The topological polar surface area (TPSA) is 69.7 Å². The van der Waals surface area contributed by atoms with Gasteiger partial charge in [0, 0.05) is 54.5 Å². The van der Waals surface area contributed by atoms with Gasteiger partial charge in [0.1, 0.15) is 0 Å². The number of fused-ring (bicyclic) bond motifs is 1. The van der Waals surface area contributed by atoms with E-state index in [0.717, 1.165) is 17.7 Å². The molecule has 1 aromatic heterocycles. The van der Waals surface area contributed by atoms with E-state index in [1.54, 1.807) is 22.3 Å². The highest BCUT2D eigenvalue weighted by Crippen LogP contribution is 2.27. The highest BCUT2D eigenvalue weighted by atomic mass is 32.2. The number of benzene rings is 1. The van der Waals surface area contributed by atoms with Crippen LogP contribution >= 0.6 is 23.1 Å². The summed E-state index contributed by atoms with van der Waals surface area (Å²) >= 11 is 3.04. The fourth-order valence-electron chi connectivity index (χ4n) is 3.67. The van der Waals surface area contributed by atoms with Crippen LogP contribution in [0.1, 0.15) is 32.8 Å². The molecule has 6 nitrogen and oxygen atoms in total. The molecule has 0 aliphatic carbocycles. The highest BCUT2D eigenvalue weighted by Gasteiger charge is 2.25. The smallest absolute Gasteiger partial charge is 0.281 e. The molecule has 1 fully saturated rings. The van der Waals surface area contributed by atoms with E-state index >= 15 is 0 Å². The molecular formula is C21H23N3O3S2. The molecule has 0 radical (unpaired) electrons. The number of amides is 3. The lowest BCUT2D eigenvalue weighted by atomic mass is 10.0. The molecule has 1 aromatic carbocycles. The van der Waals surface area contributed by atoms with Gasteiger partial charge in [0.15, 0.2) is 0 Å². The van der Waals surface area contributed by atoms with Crippen LogP contribution in [-0.2, 0) is 17.8 Å². The number of hydrogen-bond acceptors (Lipinski definition) is 5. The van der Waals surface area contributed by atoms with Gasteiger partial charge in [-0.1, -0.05) is 17.8 Å². The van der Waals surface area contributed by atoms with Gasteiger partial charge in [-0.05, 0) is 48.1 Å². The molecule has 0 saturated carbocycles. The highest BCUT2D eigenvalue weighted by molar-refractivity contribution is 8.13. The minimum atomic E-state index is -0.150. The normalized spacial score (nSPS) is 16.1. The Kier molecular flexibility index (Phi) is 5.91. The van der Waals surface area contributed by atoms with Gasteiger partial charge in [-0.15, -0.1) is 11.3 Å². The van der Waals surface area contributed by atoms with E-state index in [2.05, 4.69) is 16.8 Å². The average molecular weight is 430 g/mol. The van der Waals surface area contributed by atoms with Gasteiger partial charge in [-0.25, -0.2) is 0 Å². The maximum atomic E-state index is 13.1. The number of carbonyl (C=O) groups is 3. The molecule has 3 amide bonds. The number of rotatable bonds is 5. The van der Waals surface area contributed by atoms with Crippen molar-refractivity contribution in [3.63, 3.8) is 0 Å². The second-order valence-corrected chi connectivity index (χ2v) is 9.27. The summed E-state index contributed by atoms with van der Waals surface area (Å²) in [4.78, 5) is 42.0. The molecule has 152 valence electrons. The zero-order chi connectivity index (χ0) is 20.4. The van der Waals surface area contributed by atoms with E-state index in [9.17, 15) is 14.4 Å². The van der Waals surface area contributed by atoms with Crippen molar-refractivity contribution < 1.29 is 14.4 Å². The van der Waals surface area contributed by atoms with Crippen LogP contribution < -0.4 is 5.32 Å². The van der Waals surface area contributed by atoms with E-state index < -0.39 is 0 Å². The quantitative estimate of drug-likeness (QED) is 0.786. The summed E-state index contributed by atoms with van der Waals surface area (Å²) in [7, 11) is 0. The third-order valence-corrected chi connectivity index (χ3v) is 7.30. The first-order valence-corrected chi connectivity index (χ1v) is 11.5. The lowest BCUT2D eigenvalue weighted by Gasteiger charge is -2.28. The molecular weight excluding hydrogens is 406 g/mol. The lowest BCUT2D eigenvalue weighted by molar-refractivity contribution is -0.116. The molecule has 1 saturated heterocycles. The maximum Gasteiger partial charge on any atom is 0.281 e. The van der Waals surface area contributed by atoms with Crippen LogP contribution in [0.15, 0.2) is 29.6 Å².